The van der Waals surface area contributed by atoms with E-state index in [1.807, 2.05) is 13.0 Å². The van der Waals surface area contributed by atoms with Crippen LogP contribution in [0.4, 0.5) is 5.69 Å². The summed E-state index contributed by atoms with van der Waals surface area (Å²) in [6.45, 7) is 12.3. The molecule has 0 unspecified atom stereocenters. The monoisotopic (exact) mass is 354 g/mol. The average molecular weight is 354 g/mol. The molecule has 26 heavy (non-hydrogen) atoms. The summed E-state index contributed by atoms with van der Waals surface area (Å²) in [5.41, 5.74) is 5.42. The molecule has 1 aliphatic heterocycles. The first-order valence-corrected chi connectivity index (χ1v) is 9.45. The summed E-state index contributed by atoms with van der Waals surface area (Å²) in [5.74, 6) is 1.64. The highest BCUT2D eigenvalue weighted by molar-refractivity contribution is 5.56. The second kappa shape index (κ2) is 8.45. The molecule has 2 aromatic rings. The molecule has 0 amide bonds. The van der Waals surface area contributed by atoms with Crippen molar-refractivity contribution >= 4 is 5.69 Å². The quantitative estimate of drug-likeness (QED) is 0.782. The van der Waals surface area contributed by atoms with Crippen molar-refractivity contribution in [2.24, 2.45) is 0 Å². The molecular weight excluding hydrogens is 324 g/mol. The van der Waals surface area contributed by atoms with Crippen molar-refractivity contribution in [3.05, 3.63) is 53.1 Å². The van der Waals surface area contributed by atoms with Crippen LogP contribution in [0.25, 0.3) is 0 Å². The Morgan fingerprint density at radius 2 is 1.73 bits per heavy atom. The molecule has 0 saturated carbocycles. The van der Waals surface area contributed by atoms with E-state index < -0.39 is 0 Å². The van der Waals surface area contributed by atoms with Crippen LogP contribution in [0, 0.1) is 13.8 Å². The molecule has 1 fully saturated rings. The van der Waals surface area contributed by atoms with Crippen LogP contribution in [-0.4, -0.2) is 44.8 Å². The van der Waals surface area contributed by atoms with Gasteiger partial charge in [0.15, 0.2) is 11.5 Å². The van der Waals surface area contributed by atoms with Crippen molar-refractivity contribution in [3.8, 4) is 11.5 Å². The van der Waals surface area contributed by atoms with Gasteiger partial charge in [-0.15, -0.1) is 0 Å². The van der Waals surface area contributed by atoms with Gasteiger partial charge in [-0.25, -0.2) is 0 Å². The maximum atomic E-state index is 5.71. The van der Waals surface area contributed by atoms with Gasteiger partial charge in [0, 0.05) is 38.4 Å². The fourth-order valence-corrected chi connectivity index (χ4v) is 3.57. The van der Waals surface area contributed by atoms with Gasteiger partial charge in [0.05, 0.1) is 13.7 Å². The Morgan fingerprint density at radius 1 is 0.962 bits per heavy atom. The second-order valence-corrected chi connectivity index (χ2v) is 6.90. The molecular formula is C22H30N2O2. The number of benzene rings is 2. The van der Waals surface area contributed by atoms with E-state index in [2.05, 4.69) is 54.0 Å². The molecule has 4 heteroatoms. The van der Waals surface area contributed by atoms with Gasteiger partial charge in [-0.2, -0.15) is 0 Å². The van der Waals surface area contributed by atoms with Crippen LogP contribution in [0.1, 0.15) is 23.6 Å². The van der Waals surface area contributed by atoms with Crippen LogP contribution in [0.3, 0.4) is 0 Å². The number of rotatable bonds is 6. The minimum Gasteiger partial charge on any atom is -0.493 e. The van der Waals surface area contributed by atoms with Crippen molar-refractivity contribution in [2.75, 3.05) is 44.8 Å². The fourth-order valence-electron chi connectivity index (χ4n) is 3.57. The SMILES string of the molecule is CCOc1cc(CN2CCN(c3cccc(C)c3C)CC2)ccc1OC. The fraction of sp³-hybridized carbons (Fsp3) is 0.455. The normalized spacial score (nSPS) is 15.2. The molecule has 1 saturated heterocycles. The molecule has 0 atom stereocenters. The summed E-state index contributed by atoms with van der Waals surface area (Å²) in [6.07, 6.45) is 0. The Morgan fingerprint density at radius 3 is 2.42 bits per heavy atom. The molecule has 0 spiro atoms. The van der Waals surface area contributed by atoms with E-state index >= 15 is 0 Å². The van der Waals surface area contributed by atoms with Crippen LogP contribution in [0.15, 0.2) is 36.4 Å². The second-order valence-electron chi connectivity index (χ2n) is 6.90. The van der Waals surface area contributed by atoms with Crippen LogP contribution in [-0.2, 0) is 6.54 Å². The summed E-state index contributed by atoms with van der Waals surface area (Å²) < 4.78 is 11.1. The zero-order valence-corrected chi connectivity index (χ0v) is 16.4. The van der Waals surface area contributed by atoms with Gasteiger partial charge in [0.2, 0.25) is 0 Å². The average Bonchev–Trinajstić information content (AvgIpc) is 2.65. The molecule has 0 radical (unpaired) electrons. The summed E-state index contributed by atoms with van der Waals surface area (Å²) >= 11 is 0. The number of piperazine rings is 1. The Hall–Kier alpha value is -2.20. The topological polar surface area (TPSA) is 24.9 Å². The van der Waals surface area contributed by atoms with E-state index in [1.165, 1.54) is 22.4 Å². The largest absolute Gasteiger partial charge is 0.493 e. The molecule has 0 aliphatic carbocycles. The third-order valence-electron chi connectivity index (χ3n) is 5.22. The van der Waals surface area contributed by atoms with Crippen LogP contribution < -0.4 is 14.4 Å². The molecule has 1 heterocycles. The van der Waals surface area contributed by atoms with E-state index in [9.17, 15) is 0 Å². The zero-order valence-electron chi connectivity index (χ0n) is 16.4. The lowest BCUT2D eigenvalue weighted by Crippen LogP contribution is -2.46. The number of anilines is 1. The predicted octanol–water partition coefficient (Wildman–Crippen LogP) is 4.03. The first-order chi connectivity index (χ1) is 12.6. The molecule has 140 valence electrons. The molecule has 3 rings (SSSR count). The third-order valence-corrected chi connectivity index (χ3v) is 5.22. The number of hydrogen-bond acceptors (Lipinski definition) is 4. The maximum Gasteiger partial charge on any atom is 0.161 e. The van der Waals surface area contributed by atoms with Gasteiger partial charge < -0.3 is 14.4 Å². The minimum absolute atomic E-state index is 0.647. The van der Waals surface area contributed by atoms with Crippen molar-refractivity contribution in [2.45, 2.75) is 27.3 Å². The highest BCUT2D eigenvalue weighted by Gasteiger charge is 2.19. The van der Waals surface area contributed by atoms with E-state index in [0.29, 0.717) is 6.61 Å². The third kappa shape index (κ3) is 4.13. The van der Waals surface area contributed by atoms with Gasteiger partial charge >= 0.3 is 0 Å². The predicted molar refractivity (Wildman–Crippen MR) is 108 cm³/mol. The smallest absolute Gasteiger partial charge is 0.161 e. The molecule has 0 aromatic heterocycles. The number of methoxy groups -OCH3 is 1. The zero-order chi connectivity index (χ0) is 18.5. The molecule has 0 bridgehead atoms. The highest BCUT2D eigenvalue weighted by atomic mass is 16.5. The first kappa shape index (κ1) is 18.6. The van der Waals surface area contributed by atoms with E-state index in [-0.39, 0.29) is 0 Å². The van der Waals surface area contributed by atoms with Gasteiger partial charge in [0.25, 0.3) is 0 Å². The van der Waals surface area contributed by atoms with E-state index in [4.69, 9.17) is 9.47 Å². The van der Waals surface area contributed by atoms with Crippen LogP contribution >= 0.6 is 0 Å². The standard InChI is InChI=1S/C22H30N2O2/c1-5-26-22-15-19(9-10-21(22)25-4)16-23-11-13-24(14-12-23)20-8-6-7-17(2)18(20)3/h6-10,15H,5,11-14,16H2,1-4H3. The van der Waals surface area contributed by atoms with Gasteiger partial charge in [-0.1, -0.05) is 18.2 Å². The van der Waals surface area contributed by atoms with Crippen LogP contribution in [0.2, 0.25) is 0 Å². The van der Waals surface area contributed by atoms with Crippen molar-refractivity contribution in [3.63, 3.8) is 0 Å². The summed E-state index contributed by atoms with van der Waals surface area (Å²) in [4.78, 5) is 5.03. The van der Waals surface area contributed by atoms with Crippen molar-refractivity contribution < 1.29 is 9.47 Å². The summed E-state index contributed by atoms with van der Waals surface area (Å²) in [5, 5.41) is 0. The van der Waals surface area contributed by atoms with E-state index in [0.717, 1.165) is 44.2 Å². The summed E-state index contributed by atoms with van der Waals surface area (Å²) in [7, 11) is 1.68. The number of hydrogen-bond donors (Lipinski definition) is 0. The number of nitrogens with zero attached hydrogens (tertiary/aromatic N) is 2. The Labute approximate surface area is 157 Å². The van der Waals surface area contributed by atoms with E-state index in [1.54, 1.807) is 7.11 Å². The van der Waals surface area contributed by atoms with Crippen molar-refractivity contribution in [1.29, 1.82) is 0 Å². The minimum atomic E-state index is 0.647. The maximum absolute atomic E-state index is 5.71. The van der Waals surface area contributed by atoms with Gasteiger partial charge in [0.1, 0.15) is 0 Å². The lowest BCUT2D eigenvalue weighted by atomic mass is 10.1. The number of ether oxygens (including phenoxy) is 2. The molecule has 4 nitrogen and oxygen atoms in total. The Kier molecular flexibility index (Phi) is 6.04. The lowest BCUT2D eigenvalue weighted by Gasteiger charge is -2.37. The van der Waals surface area contributed by atoms with Crippen molar-refractivity contribution in [1.82, 2.24) is 4.90 Å². The lowest BCUT2D eigenvalue weighted by molar-refractivity contribution is 0.248. The Balaban J connectivity index is 1.62. The number of aryl methyl sites for hydroxylation is 1. The Bertz CT molecular complexity index is 737. The van der Waals surface area contributed by atoms with Crippen LogP contribution in [0.5, 0.6) is 11.5 Å². The van der Waals surface area contributed by atoms with Gasteiger partial charge in [-0.3, -0.25) is 4.90 Å². The first-order valence-electron chi connectivity index (χ1n) is 9.45. The summed E-state index contributed by atoms with van der Waals surface area (Å²) in [6, 6.07) is 12.9. The highest BCUT2D eigenvalue weighted by Crippen LogP contribution is 2.29. The van der Waals surface area contributed by atoms with Gasteiger partial charge in [-0.05, 0) is 55.7 Å². The molecule has 2 aromatic carbocycles. The molecule has 1 aliphatic rings. The molecule has 0 N–H and O–H groups in total.